The van der Waals surface area contributed by atoms with E-state index in [1.54, 1.807) is 0 Å². The maximum Gasteiger partial charge on any atom is 0.0380 e. The molecule has 2 fully saturated rings. The normalized spacial score (nSPS) is 27.3. The summed E-state index contributed by atoms with van der Waals surface area (Å²) in [5.74, 6) is 0.937. The van der Waals surface area contributed by atoms with Crippen LogP contribution in [0.3, 0.4) is 0 Å². The van der Waals surface area contributed by atoms with Gasteiger partial charge in [0.25, 0.3) is 0 Å². The molecule has 18 heavy (non-hydrogen) atoms. The van der Waals surface area contributed by atoms with Crippen LogP contribution >= 0.6 is 15.9 Å². The largest absolute Gasteiger partial charge is 0.368 e. The van der Waals surface area contributed by atoms with Crippen LogP contribution in [0.25, 0.3) is 0 Å². The molecular formula is C15H21BrN2. The fourth-order valence-corrected chi connectivity index (χ4v) is 4.14. The summed E-state index contributed by atoms with van der Waals surface area (Å²) in [6.45, 7) is 1.83. The minimum atomic E-state index is 0.604. The molecule has 2 atom stereocenters. The van der Waals surface area contributed by atoms with E-state index < -0.39 is 0 Å². The smallest absolute Gasteiger partial charge is 0.0380 e. The van der Waals surface area contributed by atoms with Crippen molar-refractivity contribution in [2.75, 3.05) is 11.4 Å². The molecule has 0 amide bonds. The van der Waals surface area contributed by atoms with Crippen molar-refractivity contribution in [3.05, 3.63) is 28.2 Å². The Morgan fingerprint density at radius 3 is 2.83 bits per heavy atom. The lowest BCUT2D eigenvalue weighted by molar-refractivity contribution is 0.342. The van der Waals surface area contributed by atoms with Gasteiger partial charge in [-0.2, -0.15) is 0 Å². The summed E-state index contributed by atoms with van der Waals surface area (Å²) >= 11 is 3.64. The van der Waals surface area contributed by atoms with E-state index in [-0.39, 0.29) is 0 Å². The minimum absolute atomic E-state index is 0.604. The molecule has 0 radical (unpaired) electrons. The van der Waals surface area contributed by atoms with Crippen LogP contribution in [0.2, 0.25) is 0 Å². The Labute approximate surface area is 118 Å². The van der Waals surface area contributed by atoms with Crippen molar-refractivity contribution in [2.24, 2.45) is 11.7 Å². The number of nitrogens with zero attached hydrogens (tertiary/aromatic N) is 1. The second-order valence-electron chi connectivity index (χ2n) is 5.57. The van der Waals surface area contributed by atoms with Crippen molar-refractivity contribution in [1.82, 2.24) is 0 Å². The molecule has 2 nitrogen and oxygen atoms in total. The summed E-state index contributed by atoms with van der Waals surface area (Å²) in [5, 5.41) is 0. The molecule has 0 spiro atoms. The van der Waals surface area contributed by atoms with E-state index in [2.05, 4.69) is 39.0 Å². The van der Waals surface area contributed by atoms with Crippen molar-refractivity contribution < 1.29 is 0 Å². The van der Waals surface area contributed by atoms with Crippen molar-refractivity contribution >= 4 is 21.6 Å². The van der Waals surface area contributed by atoms with Crippen LogP contribution in [-0.4, -0.2) is 12.6 Å². The first kappa shape index (κ1) is 12.5. The van der Waals surface area contributed by atoms with E-state index in [1.807, 2.05) is 0 Å². The molecule has 2 aliphatic rings. The lowest BCUT2D eigenvalue weighted by Crippen LogP contribution is -2.34. The molecule has 2 unspecified atom stereocenters. The standard InChI is InChI=1S/C15H21BrN2/c16-14-9-13(6-5-12(14)10-17)18-8-7-11-3-1-2-4-15(11)18/h5-6,9,11,15H,1-4,7-8,10,17H2. The van der Waals surface area contributed by atoms with Crippen molar-refractivity contribution in [1.29, 1.82) is 0 Å². The quantitative estimate of drug-likeness (QED) is 0.903. The minimum Gasteiger partial charge on any atom is -0.368 e. The highest BCUT2D eigenvalue weighted by atomic mass is 79.9. The topological polar surface area (TPSA) is 29.3 Å². The zero-order chi connectivity index (χ0) is 12.5. The van der Waals surface area contributed by atoms with Crippen molar-refractivity contribution in [3.63, 3.8) is 0 Å². The second kappa shape index (κ2) is 5.22. The van der Waals surface area contributed by atoms with Gasteiger partial charge in [-0.05, 0) is 42.9 Å². The Hall–Kier alpha value is -0.540. The van der Waals surface area contributed by atoms with Crippen molar-refractivity contribution in [3.8, 4) is 0 Å². The number of hydrogen-bond acceptors (Lipinski definition) is 2. The van der Waals surface area contributed by atoms with E-state index in [0.29, 0.717) is 6.54 Å². The van der Waals surface area contributed by atoms with Crippen LogP contribution in [0.1, 0.15) is 37.7 Å². The Kier molecular flexibility index (Phi) is 3.62. The second-order valence-corrected chi connectivity index (χ2v) is 6.43. The van der Waals surface area contributed by atoms with Gasteiger partial charge in [0.1, 0.15) is 0 Å². The Balaban J connectivity index is 1.84. The van der Waals surface area contributed by atoms with Crippen LogP contribution < -0.4 is 10.6 Å². The number of nitrogens with two attached hydrogens (primary N) is 1. The molecule has 1 saturated heterocycles. The third kappa shape index (κ3) is 2.19. The first-order valence-corrected chi connectivity index (χ1v) is 7.84. The highest BCUT2D eigenvalue weighted by Gasteiger charge is 2.35. The molecule has 1 saturated carbocycles. The number of benzene rings is 1. The molecule has 1 aliphatic heterocycles. The van der Waals surface area contributed by atoms with Crippen LogP contribution in [0, 0.1) is 5.92 Å². The average molecular weight is 309 g/mol. The van der Waals surface area contributed by atoms with E-state index in [9.17, 15) is 0 Å². The van der Waals surface area contributed by atoms with Gasteiger partial charge < -0.3 is 10.6 Å². The molecule has 0 aromatic heterocycles. The highest BCUT2D eigenvalue weighted by Crippen LogP contribution is 2.39. The predicted molar refractivity (Wildman–Crippen MR) is 79.7 cm³/mol. The van der Waals surface area contributed by atoms with Gasteiger partial charge in [0.05, 0.1) is 0 Å². The first-order chi connectivity index (χ1) is 8.79. The van der Waals surface area contributed by atoms with E-state index >= 15 is 0 Å². The molecule has 3 rings (SSSR count). The van der Waals surface area contributed by atoms with Gasteiger partial charge >= 0.3 is 0 Å². The summed E-state index contributed by atoms with van der Waals surface area (Å²) in [6.07, 6.45) is 7.02. The number of halogens is 1. The number of rotatable bonds is 2. The molecule has 1 aromatic carbocycles. The van der Waals surface area contributed by atoms with Gasteiger partial charge in [0.2, 0.25) is 0 Å². The molecule has 1 aliphatic carbocycles. The highest BCUT2D eigenvalue weighted by molar-refractivity contribution is 9.10. The summed E-state index contributed by atoms with van der Waals surface area (Å²) in [7, 11) is 0. The van der Waals surface area contributed by atoms with E-state index in [1.165, 1.54) is 49.9 Å². The summed E-state index contributed by atoms with van der Waals surface area (Å²) in [5.41, 5.74) is 8.28. The number of fused-ring (bicyclic) bond motifs is 1. The molecule has 2 N–H and O–H groups in total. The van der Waals surface area contributed by atoms with Crippen LogP contribution in [0.15, 0.2) is 22.7 Å². The van der Waals surface area contributed by atoms with E-state index in [4.69, 9.17) is 5.73 Å². The van der Waals surface area contributed by atoms with Gasteiger partial charge in [0, 0.05) is 29.3 Å². The summed E-state index contributed by atoms with van der Waals surface area (Å²) in [4.78, 5) is 2.62. The summed E-state index contributed by atoms with van der Waals surface area (Å²) in [6, 6.07) is 7.44. The third-order valence-electron chi connectivity index (χ3n) is 4.60. The molecule has 1 heterocycles. The molecule has 3 heteroatoms. The lowest BCUT2D eigenvalue weighted by atomic mass is 9.85. The van der Waals surface area contributed by atoms with Crippen LogP contribution in [0.5, 0.6) is 0 Å². The lowest BCUT2D eigenvalue weighted by Gasteiger charge is -2.33. The molecule has 1 aromatic rings. The van der Waals surface area contributed by atoms with Crippen molar-refractivity contribution in [2.45, 2.75) is 44.7 Å². The Bertz CT molecular complexity index is 433. The SMILES string of the molecule is NCc1ccc(N2CCC3CCCCC32)cc1Br. The average Bonchev–Trinajstić information content (AvgIpc) is 2.82. The zero-order valence-corrected chi connectivity index (χ0v) is 12.3. The van der Waals surface area contributed by atoms with Gasteiger partial charge in [-0.1, -0.05) is 34.8 Å². The first-order valence-electron chi connectivity index (χ1n) is 7.04. The fraction of sp³-hybridized carbons (Fsp3) is 0.600. The monoisotopic (exact) mass is 308 g/mol. The number of hydrogen-bond donors (Lipinski definition) is 1. The zero-order valence-electron chi connectivity index (χ0n) is 10.7. The van der Waals surface area contributed by atoms with Gasteiger partial charge in [-0.3, -0.25) is 0 Å². The Morgan fingerprint density at radius 1 is 1.22 bits per heavy atom. The van der Waals surface area contributed by atoms with Gasteiger partial charge in [-0.25, -0.2) is 0 Å². The van der Waals surface area contributed by atoms with Crippen LogP contribution in [0.4, 0.5) is 5.69 Å². The molecular weight excluding hydrogens is 288 g/mol. The molecule has 0 bridgehead atoms. The fourth-order valence-electron chi connectivity index (χ4n) is 3.61. The summed E-state index contributed by atoms with van der Waals surface area (Å²) < 4.78 is 1.15. The number of anilines is 1. The van der Waals surface area contributed by atoms with E-state index in [0.717, 1.165) is 16.4 Å². The van der Waals surface area contributed by atoms with Crippen LogP contribution in [-0.2, 0) is 6.54 Å². The maximum absolute atomic E-state index is 5.72. The predicted octanol–water partition coefficient (Wildman–Crippen LogP) is 3.68. The molecule has 98 valence electrons. The maximum atomic E-state index is 5.72. The van der Waals surface area contributed by atoms with Gasteiger partial charge in [0.15, 0.2) is 0 Å². The third-order valence-corrected chi connectivity index (χ3v) is 5.34. The van der Waals surface area contributed by atoms with Gasteiger partial charge in [-0.15, -0.1) is 0 Å². The Morgan fingerprint density at radius 2 is 2.06 bits per heavy atom.